The first-order valence-electron chi connectivity index (χ1n) is 7.03. The van der Waals surface area contributed by atoms with Crippen LogP contribution in [0.3, 0.4) is 0 Å². The molecule has 2 saturated heterocycles. The molecule has 0 aromatic heterocycles. The van der Waals surface area contributed by atoms with Crippen molar-refractivity contribution in [2.24, 2.45) is 5.92 Å². The predicted molar refractivity (Wildman–Crippen MR) is 72.5 cm³/mol. The van der Waals surface area contributed by atoms with Crippen molar-refractivity contribution in [2.45, 2.75) is 39.2 Å². The van der Waals surface area contributed by atoms with Crippen LogP contribution in [0.4, 0.5) is 0 Å². The minimum absolute atomic E-state index is 0.159. The summed E-state index contributed by atoms with van der Waals surface area (Å²) < 4.78 is 28.8. The standard InChI is InChI=1S/C12H25N3O2S/c1-3-6-15(12-8-13-9-12)18(16,17)14-7-4-5-11(2)10-14/h11-13H,3-10H2,1-2H3. The van der Waals surface area contributed by atoms with Crippen LogP contribution in [0.25, 0.3) is 0 Å². The Kier molecular flexibility index (Phi) is 4.64. The molecule has 2 rings (SSSR count). The van der Waals surface area contributed by atoms with Crippen molar-refractivity contribution in [1.82, 2.24) is 13.9 Å². The van der Waals surface area contributed by atoms with E-state index in [9.17, 15) is 8.42 Å². The van der Waals surface area contributed by atoms with Gasteiger partial charge in [-0.2, -0.15) is 17.0 Å². The average molecular weight is 275 g/mol. The number of rotatable bonds is 5. The minimum atomic E-state index is -3.25. The molecular formula is C12H25N3O2S. The van der Waals surface area contributed by atoms with Gasteiger partial charge in [0.2, 0.25) is 0 Å². The lowest BCUT2D eigenvalue weighted by Gasteiger charge is -2.41. The smallest absolute Gasteiger partial charge is 0.282 e. The van der Waals surface area contributed by atoms with Gasteiger partial charge in [0.05, 0.1) is 6.04 Å². The van der Waals surface area contributed by atoms with E-state index in [1.165, 1.54) is 0 Å². The van der Waals surface area contributed by atoms with E-state index in [1.54, 1.807) is 8.61 Å². The van der Waals surface area contributed by atoms with E-state index in [0.29, 0.717) is 25.6 Å². The van der Waals surface area contributed by atoms with Crippen LogP contribution >= 0.6 is 0 Å². The summed E-state index contributed by atoms with van der Waals surface area (Å²) in [5.74, 6) is 0.483. The second-order valence-corrected chi connectivity index (χ2v) is 7.42. The Morgan fingerprint density at radius 2 is 2.11 bits per heavy atom. The molecule has 2 heterocycles. The molecule has 1 unspecified atom stereocenters. The first kappa shape index (κ1) is 14.2. The summed E-state index contributed by atoms with van der Waals surface area (Å²) in [4.78, 5) is 0. The van der Waals surface area contributed by atoms with Gasteiger partial charge in [0.15, 0.2) is 0 Å². The van der Waals surface area contributed by atoms with Crippen LogP contribution < -0.4 is 5.32 Å². The summed E-state index contributed by atoms with van der Waals surface area (Å²) in [6.07, 6.45) is 3.01. The lowest BCUT2D eigenvalue weighted by molar-refractivity contribution is 0.206. The molecule has 5 nitrogen and oxygen atoms in total. The van der Waals surface area contributed by atoms with Gasteiger partial charge >= 0.3 is 0 Å². The number of hydrogen-bond donors (Lipinski definition) is 1. The van der Waals surface area contributed by atoms with Crippen molar-refractivity contribution >= 4 is 10.2 Å². The summed E-state index contributed by atoms with van der Waals surface area (Å²) in [7, 11) is -3.25. The molecule has 0 aromatic carbocycles. The van der Waals surface area contributed by atoms with Crippen molar-refractivity contribution in [3.8, 4) is 0 Å². The Morgan fingerprint density at radius 3 is 2.61 bits per heavy atom. The zero-order chi connectivity index (χ0) is 13.2. The lowest BCUT2D eigenvalue weighted by atomic mass is 10.0. The van der Waals surface area contributed by atoms with E-state index in [0.717, 1.165) is 32.4 Å². The Hall–Kier alpha value is -0.170. The van der Waals surface area contributed by atoms with Gasteiger partial charge in [0.25, 0.3) is 10.2 Å². The van der Waals surface area contributed by atoms with Gasteiger partial charge < -0.3 is 5.32 Å². The third-order valence-electron chi connectivity index (χ3n) is 3.85. The molecule has 1 N–H and O–H groups in total. The van der Waals surface area contributed by atoms with Gasteiger partial charge in [0, 0.05) is 32.7 Å². The molecular weight excluding hydrogens is 250 g/mol. The van der Waals surface area contributed by atoms with Crippen molar-refractivity contribution < 1.29 is 8.42 Å². The molecule has 0 aliphatic carbocycles. The van der Waals surface area contributed by atoms with E-state index >= 15 is 0 Å². The van der Waals surface area contributed by atoms with Gasteiger partial charge in [-0.1, -0.05) is 13.8 Å². The maximum Gasteiger partial charge on any atom is 0.282 e. The van der Waals surface area contributed by atoms with Crippen LogP contribution in [-0.4, -0.2) is 55.8 Å². The Labute approximate surface area is 111 Å². The molecule has 6 heteroatoms. The first-order chi connectivity index (χ1) is 8.55. The lowest BCUT2D eigenvalue weighted by Crippen LogP contribution is -2.62. The van der Waals surface area contributed by atoms with Crippen LogP contribution in [-0.2, 0) is 10.2 Å². The highest BCUT2D eigenvalue weighted by atomic mass is 32.2. The molecule has 0 radical (unpaired) electrons. The van der Waals surface area contributed by atoms with Gasteiger partial charge in [-0.15, -0.1) is 0 Å². The van der Waals surface area contributed by atoms with E-state index in [2.05, 4.69) is 12.2 Å². The normalized spacial score (nSPS) is 27.4. The van der Waals surface area contributed by atoms with E-state index < -0.39 is 10.2 Å². The van der Waals surface area contributed by atoms with Crippen LogP contribution in [0.2, 0.25) is 0 Å². The van der Waals surface area contributed by atoms with Crippen molar-refractivity contribution in [1.29, 1.82) is 0 Å². The third kappa shape index (κ3) is 2.87. The minimum Gasteiger partial charge on any atom is -0.313 e. The summed E-state index contributed by atoms with van der Waals surface area (Å²) in [5.41, 5.74) is 0. The Balaban J connectivity index is 2.10. The summed E-state index contributed by atoms with van der Waals surface area (Å²) in [6.45, 7) is 7.77. The molecule has 106 valence electrons. The highest BCUT2D eigenvalue weighted by Gasteiger charge is 2.38. The van der Waals surface area contributed by atoms with Gasteiger partial charge in [-0.05, 0) is 25.2 Å². The van der Waals surface area contributed by atoms with Gasteiger partial charge in [-0.3, -0.25) is 0 Å². The fourth-order valence-corrected chi connectivity index (χ4v) is 4.73. The second kappa shape index (κ2) is 5.86. The van der Waals surface area contributed by atoms with E-state index in [1.807, 2.05) is 6.92 Å². The maximum absolute atomic E-state index is 12.7. The van der Waals surface area contributed by atoms with Gasteiger partial charge in [0.1, 0.15) is 0 Å². The fraction of sp³-hybridized carbons (Fsp3) is 1.00. The SMILES string of the molecule is CCCN(C1CNC1)S(=O)(=O)N1CCCC(C)C1. The summed E-state index contributed by atoms with van der Waals surface area (Å²) in [5, 5.41) is 3.16. The summed E-state index contributed by atoms with van der Waals surface area (Å²) >= 11 is 0. The summed E-state index contributed by atoms with van der Waals surface area (Å²) in [6, 6.07) is 0.159. The number of piperidine rings is 1. The first-order valence-corrected chi connectivity index (χ1v) is 8.43. The molecule has 0 aromatic rings. The average Bonchev–Trinajstić information content (AvgIpc) is 2.26. The van der Waals surface area contributed by atoms with Crippen molar-refractivity contribution in [3.63, 3.8) is 0 Å². The molecule has 0 spiro atoms. The van der Waals surface area contributed by atoms with Crippen molar-refractivity contribution in [3.05, 3.63) is 0 Å². The Morgan fingerprint density at radius 1 is 1.39 bits per heavy atom. The topological polar surface area (TPSA) is 52.7 Å². The molecule has 0 bridgehead atoms. The van der Waals surface area contributed by atoms with Crippen LogP contribution in [0, 0.1) is 5.92 Å². The molecule has 2 aliphatic heterocycles. The van der Waals surface area contributed by atoms with Crippen LogP contribution in [0.1, 0.15) is 33.1 Å². The largest absolute Gasteiger partial charge is 0.313 e. The van der Waals surface area contributed by atoms with Crippen LogP contribution in [0.5, 0.6) is 0 Å². The molecule has 1 atom stereocenters. The molecule has 0 amide bonds. The van der Waals surface area contributed by atoms with Crippen LogP contribution in [0.15, 0.2) is 0 Å². The zero-order valence-electron chi connectivity index (χ0n) is 11.4. The molecule has 2 fully saturated rings. The number of nitrogens with one attached hydrogen (secondary N) is 1. The highest BCUT2D eigenvalue weighted by molar-refractivity contribution is 7.86. The van der Waals surface area contributed by atoms with E-state index in [-0.39, 0.29) is 6.04 Å². The third-order valence-corrected chi connectivity index (χ3v) is 5.91. The molecule has 18 heavy (non-hydrogen) atoms. The second-order valence-electron chi connectivity index (χ2n) is 5.54. The predicted octanol–water partition coefficient (Wildman–Crippen LogP) is 0.647. The molecule has 0 saturated carbocycles. The molecule has 2 aliphatic rings. The monoisotopic (exact) mass is 275 g/mol. The number of hydrogen-bond acceptors (Lipinski definition) is 3. The maximum atomic E-state index is 12.7. The Bertz CT molecular complexity index is 368. The van der Waals surface area contributed by atoms with Gasteiger partial charge in [-0.25, -0.2) is 0 Å². The zero-order valence-corrected chi connectivity index (χ0v) is 12.2. The highest BCUT2D eigenvalue weighted by Crippen LogP contribution is 2.23. The quantitative estimate of drug-likeness (QED) is 0.801. The number of nitrogens with zero attached hydrogens (tertiary/aromatic N) is 2. The van der Waals surface area contributed by atoms with E-state index in [4.69, 9.17) is 0 Å². The van der Waals surface area contributed by atoms with Crippen molar-refractivity contribution in [2.75, 3.05) is 32.7 Å². The fourth-order valence-electron chi connectivity index (χ4n) is 2.69.